The van der Waals surface area contributed by atoms with E-state index in [9.17, 15) is 13.6 Å². The number of nitrogens with one attached hydrogen (secondary N) is 1. The summed E-state index contributed by atoms with van der Waals surface area (Å²) < 4.78 is 31.8. The van der Waals surface area contributed by atoms with Crippen LogP contribution in [0.4, 0.5) is 8.78 Å². The van der Waals surface area contributed by atoms with Gasteiger partial charge < -0.3 is 15.8 Å². The zero-order valence-electron chi connectivity index (χ0n) is 12.0. The molecule has 0 heterocycles. The highest BCUT2D eigenvalue weighted by Gasteiger charge is 2.46. The van der Waals surface area contributed by atoms with Crippen LogP contribution in [0.15, 0.2) is 18.2 Å². The number of primary amides is 1. The molecule has 1 aromatic carbocycles. The first-order valence-electron chi connectivity index (χ1n) is 7.06. The monoisotopic (exact) mass is 298 g/mol. The number of halogens is 2. The van der Waals surface area contributed by atoms with Crippen molar-refractivity contribution < 1.29 is 18.3 Å². The van der Waals surface area contributed by atoms with Gasteiger partial charge in [-0.05, 0) is 44.4 Å². The van der Waals surface area contributed by atoms with Crippen molar-refractivity contribution in [3.63, 3.8) is 0 Å². The molecule has 1 aromatic rings. The number of carbonyl (C=O) groups excluding carboxylic acids is 1. The molecule has 0 aromatic heterocycles. The van der Waals surface area contributed by atoms with Gasteiger partial charge in [0.1, 0.15) is 11.4 Å². The lowest BCUT2D eigenvalue weighted by Gasteiger charge is -2.32. The molecular formula is C15H20F2N2O2. The molecule has 1 aliphatic rings. The van der Waals surface area contributed by atoms with Crippen molar-refractivity contribution in [1.82, 2.24) is 5.32 Å². The van der Waals surface area contributed by atoms with Crippen molar-refractivity contribution in [2.24, 2.45) is 11.7 Å². The molecule has 2 rings (SSSR count). The highest BCUT2D eigenvalue weighted by molar-refractivity contribution is 5.85. The summed E-state index contributed by atoms with van der Waals surface area (Å²) in [7, 11) is 1.72. The Hall–Kier alpha value is -1.69. The van der Waals surface area contributed by atoms with Crippen LogP contribution in [0.2, 0.25) is 0 Å². The van der Waals surface area contributed by atoms with Gasteiger partial charge in [0.15, 0.2) is 11.6 Å². The van der Waals surface area contributed by atoms with Crippen molar-refractivity contribution in [1.29, 1.82) is 0 Å². The zero-order valence-corrected chi connectivity index (χ0v) is 12.0. The van der Waals surface area contributed by atoms with Crippen molar-refractivity contribution >= 4 is 5.91 Å². The predicted molar refractivity (Wildman–Crippen MR) is 74.8 cm³/mol. The summed E-state index contributed by atoms with van der Waals surface area (Å²) in [6.45, 7) is 0.210. The molecule has 0 bridgehead atoms. The minimum atomic E-state index is -0.718. The summed E-state index contributed by atoms with van der Waals surface area (Å²) in [5.41, 5.74) is 4.79. The molecule has 21 heavy (non-hydrogen) atoms. The number of amides is 1. The first kappa shape index (κ1) is 15.7. The zero-order chi connectivity index (χ0) is 15.5. The van der Waals surface area contributed by atoms with Crippen molar-refractivity contribution in [2.45, 2.75) is 31.2 Å². The van der Waals surface area contributed by atoms with Crippen molar-refractivity contribution in [3.05, 3.63) is 29.8 Å². The van der Waals surface area contributed by atoms with Gasteiger partial charge in [-0.25, -0.2) is 8.78 Å². The predicted octanol–water partition coefficient (Wildman–Crippen LogP) is 1.98. The van der Waals surface area contributed by atoms with E-state index in [-0.39, 0.29) is 24.2 Å². The molecule has 0 saturated heterocycles. The van der Waals surface area contributed by atoms with Gasteiger partial charge in [0.2, 0.25) is 5.91 Å². The van der Waals surface area contributed by atoms with Crippen LogP contribution < -0.4 is 15.8 Å². The molecule has 2 atom stereocenters. The molecule has 1 amide bonds. The number of ether oxygens (including phenoxy) is 1. The molecule has 1 saturated carbocycles. The van der Waals surface area contributed by atoms with Crippen LogP contribution >= 0.6 is 0 Å². The maximum atomic E-state index is 13.4. The fourth-order valence-electron chi connectivity index (χ4n) is 3.14. The van der Waals surface area contributed by atoms with Gasteiger partial charge in [0.05, 0.1) is 6.61 Å². The second-order valence-electron chi connectivity index (χ2n) is 5.39. The number of rotatable bonds is 6. The van der Waals surface area contributed by atoms with Gasteiger partial charge in [-0.15, -0.1) is 0 Å². The summed E-state index contributed by atoms with van der Waals surface area (Å²) in [5.74, 6) is -1.59. The van der Waals surface area contributed by atoms with E-state index in [0.717, 1.165) is 31.0 Å². The Labute approximate surface area is 122 Å². The van der Waals surface area contributed by atoms with Gasteiger partial charge >= 0.3 is 0 Å². The van der Waals surface area contributed by atoms with Crippen LogP contribution in [0, 0.1) is 17.6 Å². The lowest BCUT2D eigenvalue weighted by molar-refractivity contribution is -0.125. The van der Waals surface area contributed by atoms with E-state index < -0.39 is 17.2 Å². The molecule has 3 N–H and O–H groups in total. The standard InChI is InChI=1S/C15H20F2N2O2/c1-19-15(14(18)20)7-2-3-10(15)6-8-21-13-9-11(16)4-5-12(13)17/h4-5,9-10,19H,2-3,6-8H2,1H3,(H2,18,20). The molecule has 6 heteroatoms. The topological polar surface area (TPSA) is 64.3 Å². The Morgan fingerprint density at radius 3 is 2.95 bits per heavy atom. The summed E-state index contributed by atoms with van der Waals surface area (Å²) >= 11 is 0. The quantitative estimate of drug-likeness (QED) is 0.844. The molecule has 0 aliphatic heterocycles. The fourth-order valence-corrected chi connectivity index (χ4v) is 3.14. The minimum absolute atomic E-state index is 0.0385. The average molecular weight is 298 g/mol. The van der Waals surface area contributed by atoms with Gasteiger partial charge in [-0.3, -0.25) is 4.79 Å². The Kier molecular flexibility index (Phi) is 4.77. The van der Waals surface area contributed by atoms with E-state index in [1.54, 1.807) is 7.05 Å². The lowest BCUT2D eigenvalue weighted by Crippen LogP contribution is -2.56. The molecule has 4 nitrogen and oxygen atoms in total. The number of likely N-dealkylation sites (N-methyl/N-ethyl adjacent to an activating group) is 1. The maximum absolute atomic E-state index is 13.4. The number of benzene rings is 1. The molecule has 2 unspecified atom stereocenters. The Bertz CT molecular complexity index is 524. The first-order valence-corrected chi connectivity index (χ1v) is 7.06. The Balaban J connectivity index is 1.96. The van der Waals surface area contributed by atoms with Crippen LogP contribution in [0.5, 0.6) is 5.75 Å². The first-order chi connectivity index (χ1) is 9.99. The van der Waals surface area contributed by atoms with Gasteiger partial charge in [-0.2, -0.15) is 0 Å². The van der Waals surface area contributed by atoms with Crippen molar-refractivity contribution in [2.75, 3.05) is 13.7 Å². The maximum Gasteiger partial charge on any atom is 0.238 e. The Morgan fingerprint density at radius 2 is 2.29 bits per heavy atom. The second-order valence-corrected chi connectivity index (χ2v) is 5.39. The Morgan fingerprint density at radius 1 is 1.52 bits per heavy atom. The van der Waals surface area contributed by atoms with E-state index in [1.165, 1.54) is 0 Å². The molecule has 1 fully saturated rings. The van der Waals surface area contributed by atoms with Gasteiger partial charge in [-0.1, -0.05) is 6.42 Å². The normalized spacial score (nSPS) is 25.0. The summed E-state index contributed by atoms with van der Waals surface area (Å²) in [4.78, 5) is 11.7. The smallest absolute Gasteiger partial charge is 0.238 e. The third-order valence-electron chi connectivity index (χ3n) is 4.32. The van der Waals surface area contributed by atoms with E-state index in [4.69, 9.17) is 10.5 Å². The van der Waals surface area contributed by atoms with E-state index >= 15 is 0 Å². The molecule has 0 spiro atoms. The summed E-state index contributed by atoms with van der Waals surface area (Å²) in [6.07, 6.45) is 3.01. The highest BCUT2D eigenvalue weighted by atomic mass is 19.1. The number of hydrogen-bond donors (Lipinski definition) is 2. The van der Waals surface area contributed by atoms with E-state index in [1.807, 2.05) is 0 Å². The van der Waals surface area contributed by atoms with Gasteiger partial charge in [0.25, 0.3) is 0 Å². The van der Waals surface area contributed by atoms with Crippen LogP contribution in [0.1, 0.15) is 25.7 Å². The third kappa shape index (κ3) is 3.15. The van der Waals surface area contributed by atoms with E-state index in [0.29, 0.717) is 12.8 Å². The van der Waals surface area contributed by atoms with Crippen LogP contribution in [0.25, 0.3) is 0 Å². The highest BCUT2D eigenvalue weighted by Crippen LogP contribution is 2.37. The SMILES string of the molecule is CNC1(C(N)=O)CCCC1CCOc1cc(F)ccc1F. The summed E-state index contributed by atoms with van der Waals surface area (Å²) in [6, 6.07) is 3.09. The van der Waals surface area contributed by atoms with Crippen LogP contribution in [0.3, 0.4) is 0 Å². The molecule has 1 aliphatic carbocycles. The fraction of sp³-hybridized carbons (Fsp3) is 0.533. The van der Waals surface area contributed by atoms with Crippen molar-refractivity contribution in [3.8, 4) is 5.75 Å². The molecule has 116 valence electrons. The average Bonchev–Trinajstić information content (AvgIpc) is 2.87. The second kappa shape index (κ2) is 6.39. The third-order valence-corrected chi connectivity index (χ3v) is 4.32. The number of carbonyl (C=O) groups is 1. The molecule has 0 radical (unpaired) electrons. The lowest BCUT2D eigenvalue weighted by atomic mass is 9.84. The van der Waals surface area contributed by atoms with Crippen LogP contribution in [-0.2, 0) is 4.79 Å². The molecular weight excluding hydrogens is 278 g/mol. The van der Waals surface area contributed by atoms with E-state index in [2.05, 4.69) is 5.32 Å². The summed E-state index contributed by atoms with van der Waals surface area (Å²) in [5, 5.41) is 3.03. The van der Waals surface area contributed by atoms with Gasteiger partial charge in [0, 0.05) is 6.07 Å². The largest absolute Gasteiger partial charge is 0.490 e. The number of nitrogens with two attached hydrogens (primary N) is 1. The minimum Gasteiger partial charge on any atom is -0.490 e. The number of hydrogen-bond acceptors (Lipinski definition) is 3. The van der Waals surface area contributed by atoms with Crippen LogP contribution in [-0.4, -0.2) is 25.1 Å².